The van der Waals surface area contributed by atoms with Crippen LogP contribution in [0.15, 0.2) is 12.4 Å². The molecule has 0 atom stereocenters. The molecule has 1 heterocycles. The summed E-state index contributed by atoms with van der Waals surface area (Å²) >= 11 is 0. The van der Waals surface area contributed by atoms with Gasteiger partial charge in [-0.2, -0.15) is 0 Å². The molecule has 0 spiro atoms. The third-order valence-electron chi connectivity index (χ3n) is 4.86. The van der Waals surface area contributed by atoms with E-state index in [1.165, 1.54) is 32.1 Å². The highest BCUT2D eigenvalue weighted by atomic mass is 15.0. The highest BCUT2D eigenvalue weighted by molar-refractivity contribution is 4.89. The number of H-pyrrole nitrogens is 1. The van der Waals surface area contributed by atoms with Crippen LogP contribution >= 0.6 is 0 Å². The second-order valence-electron chi connectivity index (χ2n) is 6.31. The Morgan fingerprint density at radius 3 is 2.61 bits per heavy atom. The van der Waals surface area contributed by atoms with Crippen LogP contribution in [0.3, 0.4) is 0 Å². The van der Waals surface area contributed by atoms with E-state index < -0.39 is 0 Å². The van der Waals surface area contributed by atoms with E-state index in [0.29, 0.717) is 11.5 Å². The number of imidazole rings is 1. The van der Waals surface area contributed by atoms with Crippen molar-refractivity contribution < 1.29 is 0 Å². The molecule has 0 bridgehead atoms. The molecule has 1 aromatic rings. The molecule has 3 heteroatoms. The van der Waals surface area contributed by atoms with Crippen LogP contribution in [0.5, 0.6) is 0 Å². The third kappa shape index (κ3) is 3.35. The number of hydrogen-bond donors (Lipinski definition) is 2. The molecule has 1 aromatic heterocycles. The molecule has 1 fully saturated rings. The average Bonchev–Trinajstić information content (AvgIpc) is 2.90. The fourth-order valence-electron chi connectivity index (χ4n) is 3.00. The molecule has 0 aliphatic heterocycles. The lowest BCUT2D eigenvalue weighted by atomic mass is 9.69. The van der Waals surface area contributed by atoms with Gasteiger partial charge < -0.3 is 10.3 Å². The van der Waals surface area contributed by atoms with Crippen LogP contribution in [0.25, 0.3) is 0 Å². The summed E-state index contributed by atoms with van der Waals surface area (Å²) < 4.78 is 0. The smallest absolute Gasteiger partial charge is 0.120 e. The summed E-state index contributed by atoms with van der Waals surface area (Å²) in [6.07, 6.45) is 10.4. The first-order valence-electron chi connectivity index (χ1n) is 7.33. The fourth-order valence-corrected chi connectivity index (χ4v) is 3.00. The molecule has 18 heavy (non-hydrogen) atoms. The molecule has 102 valence electrons. The molecule has 0 saturated heterocycles. The largest absolute Gasteiger partial charge is 0.348 e. The predicted octanol–water partition coefficient (Wildman–Crippen LogP) is 3.49. The van der Waals surface area contributed by atoms with Crippen molar-refractivity contribution in [1.29, 1.82) is 0 Å². The summed E-state index contributed by atoms with van der Waals surface area (Å²) in [6.45, 7) is 8.04. The van der Waals surface area contributed by atoms with Crippen LogP contribution < -0.4 is 5.32 Å². The van der Waals surface area contributed by atoms with E-state index in [-0.39, 0.29) is 0 Å². The molecule has 3 nitrogen and oxygen atoms in total. The van der Waals surface area contributed by atoms with E-state index >= 15 is 0 Å². The van der Waals surface area contributed by atoms with Crippen LogP contribution in [-0.2, 0) is 6.54 Å². The van der Waals surface area contributed by atoms with E-state index in [1.807, 2.05) is 12.4 Å². The second-order valence-corrected chi connectivity index (χ2v) is 6.31. The highest BCUT2D eigenvalue weighted by Crippen LogP contribution is 2.40. The van der Waals surface area contributed by atoms with E-state index in [0.717, 1.165) is 18.3 Å². The van der Waals surface area contributed by atoms with Gasteiger partial charge in [0.05, 0.1) is 6.54 Å². The molecule has 1 saturated carbocycles. The Hall–Kier alpha value is -0.830. The standard InChI is InChI=1S/C15H27N3/c1-4-15(2,3)12-5-7-13(8-6-12)18-11-14-16-9-10-17-14/h9-10,12-13,18H,4-8,11H2,1-3H3,(H,16,17). The van der Waals surface area contributed by atoms with Crippen molar-refractivity contribution in [2.45, 2.75) is 65.5 Å². The van der Waals surface area contributed by atoms with Crippen molar-refractivity contribution in [2.75, 3.05) is 0 Å². The number of aromatic amines is 1. The Kier molecular flexibility index (Phi) is 4.44. The van der Waals surface area contributed by atoms with Crippen molar-refractivity contribution in [3.8, 4) is 0 Å². The van der Waals surface area contributed by atoms with Crippen molar-refractivity contribution in [3.63, 3.8) is 0 Å². The third-order valence-corrected chi connectivity index (χ3v) is 4.86. The Labute approximate surface area is 111 Å². The lowest BCUT2D eigenvalue weighted by Gasteiger charge is -2.39. The number of nitrogens with zero attached hydrogens (tertiary/aromatic N) is 1. The van der Waals surface area contributed by atoms with Gasteiger partial charge in [-0.3, -0.25) is 0 Å². The Morgan fingerprint density at radius 2 is 2.06 bits per heavy atom. The molecule has 0 unspecified atom stereocenters. The van der Waals surface area contributed by atoms with E-state index in [1.54, 1.807) is 0 Å². The van der Waals surface area contributed by atoms with Gasteiger partial charge in [0, 0.05) is 18.4 Å². The summed E-state index contributed by atoms with van der Waals surface area (Å²) in [4.78, 5) is 7.40. The van der Waals surface area contributed by atoms with E-state index in [2.05, 4.69) is 36.1 Å². The maximum atomic E-state index is 4.25. The Morgan fingerprint density at radius 1 is 1.33 bits per heavy atom. The zero-order valence-electron chi connectivity index (χ0n) is 12.0. The van der Waals surface area contributed by atoms with Crippen LogP contribution in [-0.4, -0.2) is 16.0 Å². The molecule has 1 aliphatic rings. The highest BCUT2D eigenvalue weighted by Gasteiger charge is 2.31. The molecular weight excluding hydrogens is 222 g/mol. The predicted molar refractivity (Wildman–Crippen MR) is 75.2 cm³/mol. The van der Waals surface area contributed by atoms with Gasteiger partial charge in [0.2, 0.25) is 0 Å². The van der Waals surface area contributed by atoms with Gasteiger partial charge in [0.25, 0.3) is 0 Å². The van der Waals surface area contributed by atoms with Gasteiger partial charge in [0.15, 0.2) is 0 Å². The zero-order chi connectivity index (χ0) is 13.0. The molecule has 1 aliphatic carbocycles. The first kappa shape index (κ1) is 13.6. The normalized spacial score (nSPS) is 25.3. The molecule has 0 amide bonds. The van der Waals surface area contributed by atoms with Gasteiger partial charge in [-0.25, -0.2) is 4.98 Å². The second kappa shape index (κ2) is 5.87. The maximum absolute atomic E-state index is 4.25. The van der Waals surface area contributed by atoms with Gasteiger partial charge in [0.1, 0.15) is 5.82 Å². The number of rotatable bonds is 5. The van der Waals surface area contributed by atoms with Crippen molar-refractivity contribution in [1.82, 2.24) is 15.3 Å². The quantitative estimate of drug-likeness (QED) is 0.838. The van der Waals surface area contributed by atoms with Crippen LogP contribution in [0, 0.1) is 11.3 Å². The van der Waals surface area contributed by atoms with Crippen molar-refractivity contribution >= 4 is 0 Å². The average molecular weight is 249 g/mol. The van der Waals surface area contributed by atoms with Crippen molar-refractivity contribution in [3.05, 3.63) is 18.2 Å². The van der Waals surface area contributed by atoms with Gasteiger partial charge in [-0.1, -0.05) is 27.2 Å². The molecule has 0 aromatic carbocycles. The van der Waals surface area contributed by atoms with E-state index in [9.17, 15) is 0 Å². The first-order valence-corrected chi connectivity index (χ1v) is 7.33. The summed E-state index contributed by atoms with van der Waals surface area (Å²) in [6, 6.07) is 0.680. The topological polar surface area (TPSA) is 40.7 Å². The lowest BCUT2D eigenvalue weighted by Crippen LogP contribution is -2.36. The summed E-state index contributed by atoms with van der Waals surface area (Å²) in [5.74, 6) is 1.95. The Balaban J connectivity index is 1.73. The van der Waals surface area contributed by atoms with Crippen molar-refractivity contribution in [2.24, 2.45) is 11.3 Å². The van der Waals surface area contributed by atoms with E-state index in [4.69, 9.17) is 0 Å². The Bertz CT molecular complexity index is 335. The van der Waals surface area contributed by atoms with Crippen LogP contribution in [0.1, 0.15) is 58.7 Å². The SMILES string of the molecule is CCC(C)(C)C1CCC(NCc2ncc[nH]2)CC1. The maximum Gasteiger partial charge on any atom is 0.120 e. The fraction of sp³-hybridized carbons (Fsp3) is 0.800. The minimum absolute atomic E-state index is 0.520. The zero-order valence-corrected chi connectivity index (χ0v) is 12.0. The summed E-state index contributed by atoms with van der Waals surface area (Å²) in [5, 5.41) is 3.62. The number of aromatic nitrogens is 2. The molecule has 2 N–H and O–H groups in total. The minimum atomic E-state index is 0.520. The minimum Gasteiger partial charge on any atom is -0.348 e. The molecule has 0 radical (unpaired) electrons. The number of hydrogen-bond acceptors (Lipinski definition) is 2. The summed E-state index contributed by atoms with van der Waals surface area (Å²) in [5.41, 5.74) is 0.520. The monoisotopic (exact) mass is 249 g/mol. The molecule has 2 rings (SSSR count). The lowest BCUT2D eigenvalue weighted by molar-refractivity contribution is 0.136. The first-order chi connectivity index (χ1) is 8.62. The number of nitrogens with one attached hydrogen (secondary N) is 2. The van der Waals surface area contributed by atoms with Gasteiger partial charge in [-0.05, 0) is 37.0 Å². The van der Waals surface area contributed by atoms with Gasteiger partial charge >= 0.3 is 0 Å². The molecular formula is C15H27N3. The summed E-state index contributed by atoms with van der Waals surface area (Å²) in [7, 11) is 0. The van der Waals surface area contributed by atoms with Gasteiger partial charge in [-0.15, -0.1) is 0 Å². The van der Waals surface area contributed by atoms with Crippen LogP contribution in [0.2, 0.25) is 0 Å². The van der Waals surface area contributed by atoms with Crippen LogP contribution in [0.4, 0.5) is 0 Å².